The molecular weight excluding hydrogens is 397 g/mol. The third kappa shape index (κ3) is 2.66. The second-order valence-electron chi connectivity index (χ2n) is 4.23. The normalized spacial score (nSPS) is 11.0. The lowest BCUT2D eigenvalue weighted by atomic mass is 10.1. The Labute approximate surface area is 142 Å². The molecule has 0 saturated heterocycles. The zero-order valence-electron chi connectivity index (χ0n) is 10.2. The fourth-order valence-corrected chi connectivity index (χ4v) is 4.12. The lowest BCUT2D eigenvalue weighted by molar-refractivity contribution is 0.0699. The highest BCUT2D eigenvalue weighted by Gasteiger charge is 2.17. The van der Waals surface area contributed by atoms with E-state index in [1.54, 1.807) is 24.3 Å². The van der Waals surface area contributed by atoms with Crippen LogP contribution in [0.15, 0.2) is 34.8 Å². The Hall–Kier alpha value is -1.14. The van der Waals surface area contributed by atoms with Crippen LogP contribution < -0.4 is 0 Å². The van der Waals surface area contributed by atoms with Crippen molar-refractivity contribution >= 4 is 67.3 Å². The van der Waals surface area contributed by atoms with Gasteiger partial charge >= 0.3 is 5.97 Å². The molecule has 2 heterocycles. The molecule has 0 aliphatic heterocycles. The molecule has 3 rings (SSSR count). The van der Waals surface area contributed by atoms with Crippen LogP contribution in [0.3, 0.4) is 0 Å². The van der Waals surface area contributed by atoms with Gasteiger partial charge in [-0.05, 0) is 24.3 Å². The summed E-state index contributed by atoms with van der Waals surface area (Å²) in [4.78, 5) is 16.0. The van der Waals surface area contributed by atoms with Gasteiger partial charge in [-0.1, -0.05) is 45.2 Å². The highest BCUT2D eigenvalue weighted by molar-refractivity contribution is 9.10. The molecular formula is C14H6BrCl2NO2S. The molecule has 0 spiro atoms. The Morgan fingerprint density at radius 2 is 2.05 bits per heavy atom. The number of rotatable bonds is 2. The second kappa shape index (κ2) is 5.57. The maximum absolute atomic E-state index is 11.5. The predicted octanol–water partition coefficient (Wildman–Crippen LogP) is 5.73. The van der Waals surface area contributed by atoms with Crippen molar-refractivity contribution in [2.75, 3.05) is 0 Å². The first kappa shape index (κ1) is 14.8. The number of thiophene rings is 1. The monoisotopic (exact) mass is 401 g/mol. The number of hydrogen-bond acceptors (Lipinski definition) is 3. The summed E-state index contributed by atoms with van der Waals surface area (Å²) >= 11 is 16.7. The van der Waals surface area contributed by atoms with Gasteiger partial charge in [0.1, 0.15) is 4.34 Å². The van der Waals surface area contributed by atoms with Crippen LogP contribution in [0.25, 0.3) is 22.2 Å². The summed E-state index contributed by atoms with van der Waals surface area (Å²) in [6.07, 6.45) is 0. The van der Waals surface area contributed by atoms with Crippen molar-refractivity contribution in [1.82, 2.24) is 4.98 Å². The molecule has 0 saturated carbocycles. The van der Waals surface area contributed by atoms with Crippen LogP contribution in [0.1, 0.15) is 10.4 Å². The number of hydrogen-bond donors (Lipinski definition) is 1. The van der Waals surface area contributed by atoms with Crippen molar-refractivity contribution in [2.45, 2.75) is 0 Å². The number of nitrogens with zero attached hydrogens (tertiary/aromatic N) is 1. The SMILES string of the molecule is O=C(O)c1cc(-c2cc(Cl)sc2Cl)nc2cccc(Br)c12. The van der Waals surface area contributed by atoms with Crippen molar-refractivity contribution in [3.05, 3.63) is 49.0 Å². The van der Waals surface area contributed by atoms with Crippen LogP contribution in [-0.2, 0) is 0 Å². The first-order valence-electron chi connectivity index (χ1n) is 5.75. The summed E-state index contributed by atoms with van der Waals surface area (Å²) in [7, 11) is 0. The Balaban J connectivity index is 2.36. The number of carbonyl (C=O) groups is 1. The van der Waals surface area contributed by atoms with E-state index in [0.29, 0.717) is 35.3 Å². The molecule has 1 N–H and O–H groups in total. The molecule has 1 aromatic carbocycles. The van der Waals surface area contributed by atoms with Crippen LogP contribution in [-0.4, -0.2) is 16.1 Å². The van der Waals surface area contributed by atoms with E-state index in [2.05, 4.69) is 20.9 Å². The first-order valence-corrected chi connectivity index (χ1v) is 8.11. The minimum Gasteiger partial charge on any atom is -0.478 e. The number of pyridine rings is 1. The standard InChI is InChI=1S/C14H6BrCl2NO2S/c15-8-2-1-3-9-12(8)7(14(19)20)4-10(18-9)6-5-11(16)21-13(6)17/h1-5H,(H,19,20). The summed E-state index contributed by atoms with van der Waals surface area (Å²) in [5, 5.41) is 10.0. The minimum absolute atomic E-state index is 0.167. The van der Waals surface area contributed by atoms with Gasteiger partial charge in [-0.25, -0.2) is 9.78 Å². The maximum atomic E-state index is 11.5. The summed E-state index contributed by atoms with van der Waals surface area (Å²) in [6.45, 7) is 0. The Kier molecular flexibility index (Phi) is 3.92. The minimum atomic E-state index is -1.02. The molecule has 0 aliphatic carbocycles. The molecule has 3 nitrogen and oxygen atoms in total. The summed E-state index contributed by atoms with van der Waals surface area (Å²) < 4.78 is 1.70. The number of benzene rings is 1. The molecule has 0 fully saturated rings. The molecule has 2 aromatic heterocycles. The number of carboxylic acid groups (broad SMARTS) is 1. The van der Waals surface area contributed by atoms with Crippen LogP contribution in [0, 0.1) is 0 Å². The lowest BCUT2D eigenvalue weighted by Crippen LogP contribution is -2.00. The summed E-state index contributed by atoms with van der Waals surface area (Å²) in [6, 6.07) is 8.55. The molecule has 0 aliphatic rings. The topological polar surface area (TPSA) is 50.2 Å². The smallest absolute Gasteiger partial charge is 0.336 e. The predicted molar refractivity (Wildman–Crippen MR) is 89.7 cm³/mol. The van der Waals surface area contributed by atoms with E-state index in [-0.39, 0.29) is 5.56 Å². The molecule has 0 unspecified atom stereocenters. The average Bonchev–Trinajstić information content (AvgIpc) is 2.76. The molecule has 0 amide bonds. The van der Waals surface area contributed by atoms with Crippen LogP contribution in [0.2, 0.25) is 8.67 Å². The van der Waals surface area contributed by atoms with Crippen molar-refractivity contribution in [3.8, 4) is 11.3 Å². The van der Waals surface area contributed by atoms with Crippen molar-refractivity contribution in [1.29, 1.82) is 0 Å². The van der Waals surface area contributed by atoms with E-state index >= 15 is 0 Å². The van der Waals surface area contributed by atoms with Gasteiger partial charge < -0.3 is 5.11 Å². The molecule has 106 valence electrons. The number of aromatic nitrogens is 1. The maximum Gasteiger partial charge on any atom is 0.336 e. The Morgan fingerprint density at radius 1 is 1.29 bits per heavy atom. The quantitative estimate of drug-likeness (QED) is 0.595. The van der Waals surface area contributed by atoms with Crippen molar-refractivity contribution in [2.24, 2.45) is 0 Å². The number of carboxylic acids is 1. The van der Waals surface area contributed by atoms with E-state index in [1.165, 1.54) is 17.4 Å². The molecule has 0 bridgehead atoms. The summed E-state index contributed by atoms with van der Waals surface area (Å²) in [5.41, 5.74) is 1.88. The second-order valence-corrected chi connectivity index (χ2v) is 7.37. The van der Waals surface area contributed by atoms with Crippen molar-refractivity contribution < 1.29 is 9.90 Å². The fraction of sp³-hybridized carbons (Fsp3) is 0. The zero-order valence-corrected chi connectivity index (χ0v) is 14.1. The summed E-state index contributed by atoms with van der Waals surface area (Å²) in [5.74, 6) is -1.02. The third-order valence-electron chi connectivity index (χ3n) is 2.95. The van der Waals surface area contributed by atoms with Gasteiger partial charge in [0.2, 0.25) is 0 Å². The van der Waals surface area contributed by atoms with E-state index in [0.717, 1.165) is 0 Å². The van der Waals surface area contributed by atoms with Gasteiger partial charge in [-0.15, -0.1) is 11.3 Å². The first-order chi connectivity index (χ1) is 9.97. The third-order valence-corrected chi connectivity index (χ3v) is 5.09. The highest BCUT2D eigenvalue weighted by atomic mass is 79.9. The Bertz CT molecular complexity index is 879. The van der Waals surface area contributed by atoms with Gasteiger partial charge in [0.25, 0.3) is 0 Å². The van der Waals surface area contributed by atoms with Gasteiger partial charge in [0.05, 0.1) is 21.1 Å². The van der Waals surface area contributed by atoms with E-state index in [9.17, 15) is 9.90 Å². The van der Waals surface area contributed by atoms with Gasteiger partial charge in [-0.3, -0.25) is 0 Å². The van der Waals surface area contributed by atoms with Crippen molar-refractivity contribution in [3.63, 3.8) is 0 Å². The van der Waals surface area contributed by atoms with Gasteiger partial charge in [0.15, 0.2) is 0 Å². The zero-order chi connectivity index (χ0) is 15.1. The highest BCUT2D eigenvalue weighted by Crippen LogP contribution is 2.39. The van der Waals surface area contributed by atoms with Gasteiger partial charge in [0, 0.05) is 15.4 Å². The number of fused-ring (bicyclic) bond motifs is 1. The van der Waals surface area contributed by atoms with E-state index < -0.39 is 5.97 Å². The molecule has 0 atom stereocenters. The van der Waals surface area contributed by atoms with Crippen LogP contribution >= 0.6 is 50.5 Å². The number of aromatic carboxylic acids is 1. The number of halogens is 3. The lowest BCUT2D eigenvalue weighted by Gasteiger charge is -2.08. The molecule has 21 heavy (non-hydrogen) atoms. The average molecular weight is 403 g/mol. The molecule has 3 aromatic rings. The fourth-order valence-electron chi connectivity index (χ4n) is 2.07. The van der Waals surface area contributed by atoms with E-state index in [1.807, 2.05) is 0 Å². The van der Waals surface area contributed by atoms with Crippen LogP contribution in [0.4, 0.5) is 0 Å². The Morgan fingerprint density at radius 3 is 2.67 bits per heavy atom. The van der Waals surface area contributed by atoms with E-state index in [4.69, 9.17) is 23.2 Å². The molecule has 0 radical (unpaired) electrons. The largest absolute Gasteiger partial charge is 0.478 e. The molecule has 7 heteroatoms. The van der Waals surface area contributed by atoms with Gasteiger partial charge in [-0.2, -0.15) is 0 Å². The van der Waals surface area contributed by atoms with Crippen LogP contribution in [0.5, 0.6) is 0 Å².